The van der Waals surface area contributed by atoms with E-state index >= 15 is 13.2 Å². The van der Waals surface area contributed by atoms with E-state index in [1.165, 1.54) is 61.8 Å². The third-order valence-corrected chi connectivity index (χ3v) is 14.7. The van der Waals surface area contributed by atoms with Crippen LogP contribution in [-0.4, -0.2) is 66.1 Å². The summed E-state index contributed by atoms with van der Waals surface area (Å²) < 4.78 is 92.6. The molecule has 4 atom stereocenters. The van der Waals surface area contributed by atoms with Crippen molar-refractivity contribution in [2.45, 2.75) is 64.0 Å². The third-order valence-electron chi connectivity index (χ3n) is 12.4. The van der Waals surface area contributed by atoms with E-state index in [1.54, 1.807) is 43.5 Å². The van der Waals surface area contributed by atoms with E-state index in [9.17, 15) is 37.6 Å². The fourth-order valence-electron chi connectivity index (χ4n) is 9.15. The lowest BCUT2D eigenvalue weighted by Crippen LogP contribution is -2.45. The molecule has 1 saturated heterocycles. The Kier molecular flexibility index (Phi) is 16.7. The first kappa shape index (κ1) is 55.7. The fourth-order valence-corrected chi connectivity index (χ4v) is 10.7. The molecule has 390 valence electrons. The molecule has 0 aliphatic carbocycles. The number of aromatic carboxylic acids is 1. The van der Waals surface area contributed by atoms with E-state index in [1.807, 2.05) is 20.8 Å². The molecule has 0 unspecified atom stereocenters. The van der Waals surface area contributed by atoms with Crippen molar-refractivity contribution in [1.29, 1.82) is 5.26 Å². The molecule has 0 spiro atoms. The zero-order valence-electron chi connectivity index (χ0n) is 40.6. The normalized spacial score (nSPS) is 17.4. The molecule has 2 aromatic heterocycles. The van der Waals surface area contributed by atoms with E-state index in [4.69, 9.17) is 39.5 Å². The highest BCUT2D eigenvalue weighted by Gasteiger charge is 2.61. The van der Waals surface area contributed by atoms with Crippen LogP contribution in [0.2, 0.25) is 15.1 Å². The van der Waals surface area contributed by atoms with Crippen LogP contribution in [-0.2, 0) is 20.2 Å². The molecule has 1 fully saturated rings. The number of ether oxygens (including phenoxy) is 1. The van der Waals surface area contributed by atoms with Crippen molar-refractivity contribution in [1.82, 2.24) is 15.3 Å². The van der Waals surface area contributed by atoms with Gasteiger partial charge in [-0.3, -0.25) is 14.3 Å². The summed E-state index contributed by atoms with van der Waals surface area (Å²) in [4.78, 5) is 45.8. The van der Waals surface area contributed by atoms with Crippen molar-refractivity contribution < 1.29 is 50.2 Å². The van der Waals surface area contributed by atoms with Gasteiger partial charge in [0.2, 0.25) is 21.7 Å². The van der Waals surface area contributed by atoms with Gasteiger partial charge in [0.05, 0.1) is 52.5 Å². The first-order chi connectivity index (χ1) is 35.4. The average molecular weight is 1110 g/mol. The maximum Gasteiger partial charge on any atom is 0.335 e. The Labute approximate surface area is 444 Å². The highest BCUT2D eigenvalue weighted by atomic mass is 35.5. The number of nitrogens with zero attached hydrogens (tertiary/aromatic N) is 2. The quantitative estimate of drug-likeness (QED) is 0.0515. The number of carbonyl (C=O) groups is 3. The number of fused-ring (bicyclic) bond motifs is 1. The van der Waals surface area contributed by atoms with Crippen LogP contribution >= 0.6 is 34.8 Å². The minimum absolute atomic E-state index is 0.000297. The highest BCUT2D eigenvalue weighted by molar-refractivity contribution is 7.92. The lowest BCUT2D eigenvalue weighted by atomic mass is 9.62. The number of nitriles is 1. The van der Waals surface area contributed by atoms with Crippen molar-refractivity contribution >= 4 is 84.9 Å². The summed E-state index contributed by atoms with van der Waals surface area (Å²) in [6.07, 6.45) is 3.53. The third kappa shape index (κ3) is 11.8. The predicted molar refractivity (Wildman–Crippen MR) is 280 cm³/mol. The summed E-state index contributed by atoms with van der Waals surface area (Å²) in [6, 6.07) is 22.8. The summed E-state index contributed by atoms with van der Waals surface area (Å²) >= 11 is 18.2. The number of carboxylic acid groups (broad SMARTS) is 1. The Balaban J connectivity index is 0.000000225. The van der Waals surface area contributed by atoms with Crippen LogP contribution in [0.5, 0.6) is 5.75 Å². The molecule has 5 N–H and O–H groups in total. The maximum atomic E-state index is 15.8. The van der Waals surface area contributed by atoms with Crippen LogP contribution in [0.1, 0.15) is 83.9 Å². The largest absolute Gasteiger partial charge is 0.495 e. The van der Waals surface area contributed by atoms with Gasteiger partial charge in [-0.1, -0.05) is 92.8 Å². The van der Waals surface area contributed by atoms with Crippen molar-refractivity contribution in [2.24, 2.45) is 5.41 Å². The summed E-state index contributed by atoms with van der Waals surface area (Å²) in [6.45, 7) is 7.46. The van der Waals surface area contributed by atoms with Gasteiger partial charge in [-0.2, -0.15) is 5.26 Å². The number of halogens is 7. The number of hydrogen-bond donors (Lipinski definition) is 5. The zero-order chi connectivity index (χ0) is 54.7. The molecule has 1 aliphatic rings. The van der Waals surface area contributed by atoms with Crippen LogP contribution < -0.4 is 20.1 Å². The summed E-state index contributed by atoms with van der Waals surface area (Å²) in [5.74, 6) is -8.22. The molecular formula is C54H47Cl3F4N6O7S. The molecule has 75 heavy (non-hydrogen) atoms. The number of ketones is 1. The van der Waals surface area contributed by atoms with Gasteiger partial charge in [0.15, 0.2) is 5.82 Å². The van der Waals surface area contributed by atoms with E-state index in [2.05, 4.69) is 31.4 Å². The van der Waals surface area contributed by atoms with Crippen LogP contribution in [0.15, 0.2) is 109 Å². The Morgan fingerprint density at radius 2 is 1.57 bits per heavy atom. The number of benzene rings is 5. The standard InChI is InChI=1S/C31H29Cl2F2N3O4.C23H18ClF2N3O3S/c1-30(2,3)14-24-31(15-36,19-10-9-17(32)13-21(19)34)25(18-6-5-7-20(33)26(18)35)27(38-24)28(39)37-22-11-8-16(29(40)41)12-23(22)42-4;1-2-9-33(31,32)29-19-8-7-18(25)20(21(19)26)22(30)17-12-28-23-16(17)10-14(11-27-23)13-3-5-15(24)6-4-13/h5-13,24-25,27,38H,14H2,1-4H3,(H,37,39)(H,40,41);3-8,10-12,29H,2,9H2,1H3,(H,27,28)/t24-,25-,27+,31-;/m0./s1. The molecular weight excluding hydrogens is 1060 g/mol. The SMILES string of the molecule is CCCS(=O)(=O)Nc1ccc(F)c(C(=O)c2c[nH]c3ncc(-c4ccc(Cl)cc4)cc23)c1F.COc1cc(C(=O)O)ccc1NC(=O)[C@@H]1N[C@@H](CC(C)(C)C)[C@](C#N)(c2ccc(Cl)cc2F)[C@H]1c1cccc(Cl)c1F. The maximum absolute atomic E-state index is 15.8. The van der Waals surface area contributed by atoms with Gasteiger partial charge in [0, 0.05) is 56.5 Å². The van der Waals surface area contributed by atoms with Crippen LogP contribution in [0.3, 0.4) is 0 Å². The first-order valence-electron chi connectivity index (χ1n) is 23.0. The number of carbonyl (C=O) groups excluding carboxylic acids is 2. The molecule has 0 bridgehead atoms. The topological polar surface area (TPSA) is 203 Å². The number of sulfonamides is 1. The number of hydrogen-bond acceptors (Lipinski definition) is 9. The number of H-pyrrole nitrogens is 1. The molecule has 13 nitrogen and oxygen atoms in total. The Morgan fingerprint density at radius 1 is 0.880 bits per heavy atom. The van der Waals surface area contributed by atoms with Gasteiger partial charge >= 0.3 is 5.97 Å². The smallest absolute Gasteiger partial charge is 0.335 e. The predicted octanol–water partition coefficient (Wildman–Crippen LogP) is 12.5. The second-order valence-corrected chi connectivity index (χ2v) is 21.9. The Hall–Kier alpha value is -7.01. The number of aromatic amines is 1. The molecule has 1 aliphatic heterocycles. The number of carboxylic acids is 1. The fraction of sp³-hybridized carbons (Fsp3) is 0.241. The number of pyridine rings is 1. The monoisotopic (exact) mass is 1100 g/mol. The highest BCUT2D eigenvalue weighted by Crippen LogP contribution is 2.53. The van der Waals surface area contributed by atoms with Crippen LogP contribution in [0, 0.1) is 40.0 Å². The first-order valence-corrected chi connectivity index (χ1v) is 25.8. The van der Waals surface area contributed by atoms with Crippen molar-refractivity contribution in [3.8, 4) is 22.9 Å². The molecule has 21 heteroatoms. The van der Waals surface area contributed by atoms with Gasteiger partial charge in [0.1, 0.15) is 34.3 Å². The molecule has 0 saturated carbocycles. The van der Waals surface area contributed by atoms with Gasteiger partial charge in [0.25, 0.3) is 0 Å². The van der Waals surface area contributed by atoms with E-state index in [0.717, 1.165) is 23.8 Å². The Morgan fingerprint density at radius 3 is 2.21 bits per heavy atom. The van der Waals surface area contributed by atoms with Crippen LogP contribution in [0.25, 0.3) is 22.2 Å². The number of nitrogens with one attached hydrogen (secondary N) is 4. The van der Waals surface area contributed by atoms with Gasteiger partial charge < -0.3 is 25.5 Å². The van der Waals surface area contributed by atoms with Gasteiger partial charge in [-0.15, -0.1) is 0 Å². The number of aromatic nitrogens is 2. The van der Waals surface area contributed by atoms with E-state index < -0.39 is 91.0 Å². The minimum atomic E-state index is -3.84. The van der Waals surface area contributed by atoms with E-state index in [-0.39, 0.29) is 49.5 Å². The Bertz CT molecular complexity index is 3520. The number of methoxy groups -OCH3 is 1. The molecule has 0 radical (unpaired) electrons. The van der Waals surface area contributed by atoms with Crippen molar-refractivity contribution in [2.75, 3.05) is 22.9 Å². The lowest BCUT2D eigenvalue weighted by molar-refractivity contribution is -0.118. The zero-order valence-corrected chi connectivity index (χ0v) is 43.7. The summed E-state index contributed by atoms with van der Waals surface area (Å²) in [5, 5.41) is 27.0. The minimum Gasteiger partial charge on any atom is -0.495 e. The van der Waals surface area contributed by atoms with E-state index in [0.29, 0.717) is 34.5 Å². The molecule has 8 rings (SSSR count). The van der Waals surface area contributed by atoms with Crippen molar-refractivity contribution in [3.05, 3.63) is 176 Å². The number of amides is 1. The molecule has 1 amide bonds. The summed E-state index contributed by atoms with van der Waals surface area (Å²) in [5.41, 5.74) is -1.71. The second-order valence-electron chi connectivity index (χ2n) is 18.8. The van der Waals surface area contributed by atoms with Crippen molar-refractivity contribution in [3.63, 3.8) is 0 Å². The van der Waals surface area contributed by atoms with Gasteiger partial charge in [-0.25, -0.2) is 35.8 Å². The lowest BCUT2D eigenvalue weighted by Gasteiger charge is -2.37. The molecule has 7 aromatic rings. The second kappa shape index (κ2) is 22.5. The van der Waals surface area contributed by atoms with Crippen LogP contribution in [0.4, 0.5) is 28.9 Å². The van der Waals surface area contributed by atoms with Gasteiger partial charge in [-0.05, 0) is 96.1 Å². The number of anilines is 2. The molecule has 5 aromatic carbocycles. The number of rotatable bonds is 14. The molecule has 3 heterocycles. The average Bonchev–Trinajstić information content (AvgIpc) is 3.92. The summed E-state index contributed by atoms with van der Waals surface area (Å²) in [7, 11) is -2.52.